The molecule has 1 aliphatic heterocycles. The molecule has 0 bridgehead atoms. The molecule has 8 heteroatoms. The number of fused-ring (bicyclic) bond motifs is 1. The maximum atomic E-state index is 12.3. The molecule has 1 saturated heterocycles. The van der Waals surface area contributed by atoms with Crippen molar-refractivity contribution >= 4 is 35.2 Å². The van der Waals surface area contributed by atoms with Crippen molar-refractivity contribution in [2.45, 2.75) is 29.9 Å². The summed E-state index contributed by atoms with van der Waals surface area (Å²) in [5.74, 6) is -3.83. The van der Waals surface area contributed by atoms with Crippen LogP contribution in [0.25, 0.3) is 0 Å². The van der Waals surface area contributed by atoms with Crippen LogP contribution in [-0.2, 0) is 14.4 Å². The number of benzene rings is 1. The van der Waals surface area contributed by atoms with E-state index in [2.05, 4.69) is 5.32 Å². The molecule has 1 aliphatic carbocycles. The number of hydrogen-bond donors (Lipinski definition) is 1. The van der Waals surface area contributed by atoms with Crippen LogP contribution < -0.4 is 5.32 Å². The van der Waals surface area contributed by atoms with Gasteiger partial charge in [0.25, 0.3) is 5.76 Å². The summed E-state index contributed by atoms with van der Waals surface area (Å²) in [6, 6.07) is 6.07. The van der Waals surface area contributed by atoms with Crippen LogP contribution >= 0.6 is 11.8 Å². The summed E-state index contributed by atoms with van der Waals surface area (Å²) < 4.78 is 24.6. The zero-order chi connectivity index (χ0) is 18.7. The first-order chi connectivity index (χ1) is 12.5. The second-order valence-electron chi connectivity index (χ2n) is 6.18. The summed E-state index contributed by atoms with van der Waals surface area (Å²) in [4.78, 5) is 38.3. The lowest BCUT2D eigenvalue weighted by molar-refractivity contribution is -0.140. The Kier molecular flexibility index (Phi) is 5.70. The molecule has 5 nitrogen and oxygen atoms in total. The van der Waals surface area contributed by atoms with Gasteiger partial charge in [-0.25, -0.2) is 0 Å². The number of halogens is 2. The molecule has 3 amide bonds. The Labute approximate surface area is 153 Å². The Balaban J connectivity index is 1.51. The fourth-order valence-electron chi connectivity index (χ4n) is 3.25. The Bertz CT molecular complexity index is 710. The molecule has 0 aromatic heterocycles. The van der Waals surface area contributed by atoms with Crippen molar-refractivity contribution in [1.82, 2.24) is 4.90 Å². The smallest absolute Gasteiger partial charge is 0.288 e. The van der Waals surface area contributed by atoms with Crippen molar-refractivity contribution in [2.24, 2.45) is 11.8 Å². The first kappa shape index (κ1) is 18.6. The third kappa shape index (κ3) is 4.12. The number of nitrogens with one attached hydrogen (secondary N) is 1. The lowest BCUT2D eigenvalue weighted by Gasteiger charge is -2.14. The molecule has 26 heavy (non-hydrogen) atoms. The van der Waals surface area contributed by atoms with E-state index in [0.717, 1.165) is 0 Å². The van der Waals surface area contributed by atoms with Gasteiger partial charge in [-0.1, -0.05) is 23.9 Å². The minimum absolute atomic E-state index is 0.00210. The standard InChI is InChI=1S/C18H18F2N2O3S/c19-18(20)26-12-7-5-11(6-8-12)21-15(23)9-10-22-16(24)13-3-1-2-4-14(13)17(22)25/h1-2,5-8,13-14,18H,3-4,9-10H2,(H,21,23)/t13-,14+. The average Bonchev–Trinajstić information content (AvgIpc) is 2.86. The van der Waals surface area contributed by atoms with E-state index in [-0.39, 0.29) is 42.5 Å². The SMILES string of the molecule is O=C(CCN1C(=O)[C@H]2CC=CC[C@H]2C1=O)Nc1ccc(SC(F)F)cc1. The number of thioether (sulfide) groups is 1. The largest absolute Gasteiger partial charge is 0.326 e. The highest BCUT2D eigenvalue weighted by Gasteiger charge is 2.46. The lowest BCUT2D eigenvalue weighted by Crippen LogP contribution is -2.34. The molecule has 0 spiro atoms. The molecule has 0 unspecified atom stereocenters. The third-order valence-corrected chi connectivity index (χ3v) is 5.25. The van der Waals surface area contributed by atoms with Gasteiger partial charge in [0.15, 0.2) is 0 Å². The highest BCUT2D eigenvalue weighted by atomic mass is 32.2. The van der Waals surface area contributed by atoms with Gasteiger partial charge in [0.05, 0.1) is 11.8 Å². The Morgan fingerprint density at radius 3 is 2.23 bits per heavy atom. The number of amides is 3. The topological polar surface area (TPSA) is 66.5 Å². The number of nitrogens with zero attached hydrogens (tertiary/aromatic N) is 1. The van der Waals surface area contributed by atoms with Crippen LogP contribution in [0.2, 0.25) is 0 Å². The second-order valence-corrected chi connectivity index (χ2v) is 7.25. The van der Waals surface area contributed by atoms with Crippen LogP contribution in [0, 0.1) is 11.8 Å². The second kappa shape index (κ2) is 7.99. The zero-order valence-corrected chi connectivity index (χ0v) is 14.7. The molecule has 2 atom stereocenters. The highest BCUT2D eigenvalue weighted by Crippen LogP contribution is 2.35. The van der Waals surface area contributed by atoms with E-state index in [1.165, 1.54) is 29.2 Å². The van der Waals surface area contributed by atoms with Crippen LogP contribution in [0.4, 0.5) is 14.5 Å². The minimum Gasteiger partial charge on any atom is -0.326 e. The molecule has 138 valence electrons. The van der Waals surface area contributed by atoms with Gasteiger partial charge in [-0.2, -0.15) is 8.78 Å². The fraction of sp³-hybridized carbons (Fsp3) is 0.389. The molecule has 2 aliphatic rings. The summed E-state index contributed by atoms with van der Waals surface area (Å²) in [5, 5.41) is 2.64. The summed E-state index contributed by atoms with van der Waals surface area (Å²) in [7, 11) is 0. The van der Waals surface area contributed by atoms with E-state index < -0.39 is 5.76 Å². The molecule has 0 saturated carbocycles. The average molecular weight is 380 g/mol. The molecule has 1 heterocycles. The fourth-order valence-corrected chi connectivity index (χ4v) is 3.74. The number of rotatable bonds is 6. The van der Waals surface area contributed by atoms with E-state index in [0.29, 0.717) is 35.2 Å². The number of allylic oxidation sites excluding steroid dienone is 2. The Hall–Kier alpha value is -2.22. The number of hydrogen-bond acceptors (Lipinski definition) is 4. The Morgan fingerprint density at radius 1 is 1.12 bits per heavy atom. The van der Waals surface area contributed by atoms with E-state index in [1.54, 1.807) is 0 Å². The maximum absolute atomic E-state index is 12.3. The molecule has 0 radical (unpaired) electrons. The molecular formula is C18H18F2N2O3S. The number of imide groups is 1. The first-order valence-corrected chi connectivity index (χ1v) is 9.18. The zero-order valence-electron chi connectivity index (χ0n) is 13.9. The monoisotopic (exact) mass is 380 g/mol. The molecule has 3 rings (SSSR count). The summed E-state index contributed by atoms with van der Waals surface area (Å²) in [6.45, 7) is 0.0514. The van der Waals surface area contributed by atoms with Crippen molar-refractivity contribution < 1.29 is 23.2 Å². The van der Waals surface area contributed by atoms with Gasteiger partial charge in [-0.05, 0) is 37.1 Å². The van der Waals surface area contributed by atoms with Crippen LogP contribution in [-0.4, -0.2) is 34.9 Å². The summed E-state index contributed by atoms with van der Waals surface area (Å²) >= 11 is 0.430. The maximum Gasteiger partial charge on any atom is 0.288 e. The van der Waals surface area contributed by atoms with Crippen LogP contribution in [0.5, 0.6) is 0 Å². The first-order valence-electron chi connectivity index (χ1n) is 8.30. The van der Waals surface area contributed by atoms with Gasteiger partial charge >= 0.3 is 0 Å². The third-order valence-electron chi connectivity index (χ3n) is 4.52. The normalized spacial score (nSPS) is 22.0. The van der Waals surface area contributed by atoms with Crippen LogP contribution in [0.1, 0.15) is 19.3 Å². The predicted octanol–water partition coefficient (Wildman–Crippen LogP) is 3.28. The van der Waals surface area contributed by atoms with Gasteiger partial charge in [0.2, 0.25) is 17.7 Å². The predicted molar refractivity (Wildman–Crippen MR) is 93.6 cm³/mol. The van der Waals surface area contributed by atoms with Crippen molar-refractivity contribution in [3.05, 3.63) is 36.4 Å². The van der Waals surface area contributed by atoms with Gasteiger partial charge in [0.1, 0.15) is 0 Å². The van der Waals surface area contributed by atoms with Crippen molar-refractivity contribution in [3.63, 3.8) is 0 Å². The summed E-state index contributed by atoms with van der Waals surface area (Å²) in [6.07, 6.45) is 4.97. The number of likely N-dealkylation sites (tertiary alicyclic amines) is 1. The molecule has 1 N–H and O–H groups in total. The molecule has 1 aromatic rings. The number of carbonyl (C=O) groups is 3. The minimum atomic E-state index is -2.50. The van der Waals surface area contributed by atoms with Crippen molar-refractivity contribution in [3.8, 4) is 0 Å². The van der Waals surface area contributed by atoms with E-state index in [9.17, 15) is 23.2 Å². The molecule has 1 fully saturated rings. The summed E-state index contributed by atoms with van der Waals surface area (Å²) in [5.41, 5.74) is 0.477. The van der Waals surface area contributed by atoms with Crippen LogP contribution in [0.15, 0.2) is 41.3 Å². The number of carbonyl (C=O) groups excluding carboxylic acids is 3. The van der Waals surface area contributed by atoms with E-state index in [1.807, 2.05) is 12.2 Å². The van der Waals surface area contributed by atoms with Gasteiger partial charge in [-0.3, -0.25) is 19.3 Å². The van der Waals surface area contributed by atoms with Crippen molar-refractivity contribution in [1.29, 1.82) is 0 Å². The van der Waals surface area contributed by atoms with Gasteiger partial charge in [-0.15, -0.1) is 0 Å². The quantitative estimate of drug-likeness (QED) is 0.467. The van der Waals surface area contributed by atoms with E-state index >= 15 is 0 Å². The van der Waals surface area contributed by atoms with Gasteiger partial charge < -0.3 is 5.32 Å². The van der Waals surface area contributed by atoms with E-state index in [4.69, 9.17) is 0 Å². The van der Waals surface area contributed by atoms with Crippen LogP contribution in [0.3, 0.4) is 0 Å². The highest BCUT2D eigenvalue weighted by molar-refractivity contribution is 7.99. The lowest BCUT2D eigenvalue weighted by atomic mass is 9.85. The number of alkyl halides is 2. The molecule has 1 aromatic carbocycles. The molecular weight excluding hydrogens is 362 g/mol. The van der Waals surface area contributed by atoms with Gasteiger partial charge in [0, 0.05) is 23.5 Å². The Morgan fingerprint density at radius 2 is 1.69 bits per heavy atom. The number of anilines is 1. The van der Waals surface area contributed by atoms with Crippen molar-refractivity contribution in [2.75, 3.05) is 11.9 Å².